The fraction of sp³-hybridized carbons (Fsp3) is 0.579. The second kappa shape index (κ2) is 15.3. The summed E-state index contributed by atoms with van der Waals surface area (Å²) in [5.41, 5.74) is 3.50. The van der Waals surface area contributed by atoms with Gasteiger partial charge in [-0.15, -0.1) is 0 Å². The molecule has 5 rings (SSSR count). The Morgan fingerprint density at radius 2 is 2.02 bits per heavy atom. The number of allylic oxidation sites excluding steroid dienone is 1. The van der Waals surface area contributed by atoms with Crippen molar-refractivity contribution in [1.29, 1.82) is 0 Å². The Morgan fingerprint density at radius 1 is 1.21 bits per heavy atom. The number of hydrogen-bond donors (Lipinski definition) is 0. The van der Waals surface area contributed by atoms with E-state index in [2.05, 4.69) is 47.4 Å². The number of Topliss-reactive ketones (excluding diaryl/α,β-unsaturated/α-hetero) is 1. The topological polar surface area (TPSA) is 85.3 Å². The minimum Gasteiger partial charge on any atom is -0.490 e. The Labute approximate surface area is 286 Å². The summed E-state index contributed by atoms with van der Waals surface area (Å²) in [6.07, 6.45) is 9.62. The number of hydrogen-bond acceptors (Lipinski definition) is 6. The lowest BCUT2D eigenvalue weighted by Crippen LogP contribution is -2.47. The fourth-order valence-corrected chi connectivity index (χ4v) is 9.85. The number of ketones is 1. The van der Waals surface area contributed by atoms with Gasteiger partial charge in [0.05, 0.1) is 33.9 Å². The van der Waals surface area contributed by atoms with Gasteiger partial charge in [-0.1, -0.05) is 63.9 Å². The number of nitrogens with zero attached hydrogens (tertiary/aromatic N) is 2. The summed E-state index contributed by atoms with van der Waals surface area (Å²) in [7, 11) is -1.34. The first-order valence-electron chi connectivity index (χ1n) is 17.2. The molecule has 3 aliphatic rings. The van der Waals surface area contributed by atoms with Gasteiger partial charge in [-0.05, 0) is 91.3 Å². The summed E-state index contributed by atoms with van der Waals surface area (Å²) < 4.78 is 31.2. The summed E-state index contributed by atoms with van der Waals surface area (Å²) in [4.78, 5) is 29.0. The fourth-order valence-electron chi connectivity index (χ4n) is 7.71. The zero-order valence-electron chi connectivity index (χ0n) is 28.6. The first-order chi connectivity index (χ1) is 22.5. The van der Waals surface area contributed by atoms with E-state index in [-0.39, 0.29) is 40.6 Å². The maximum absolute atomic E-state index is 14.2. The third kappa shape index (κ3) is 8.31. The molecule has 2 heterocycles. The van der Waals surface area contributed by atoms with Gasteiger partial charge in [-0.2, -0.15) is 4.36 Å². The van der Waals surface area contributed by atoms with E-state index in [9.17, 15) is 13.8 Å². The molecular weight excluding hydrogens is 632 g/mol. The van der Waals surface area contributed by atoms with Gasteiger partial charge in [0.2, 0.25) is 0 Å². The molecule has 2 bridgehead atoms. The Bertz CT molecular complexity index is 1610. The van der Waals surface area contributed by atoms with Crippen LogP contribution in [0.2, 0.25) is 5.02 Å². The normalized spacial score (nSPS) is 29.0. The number of rotatable bonds is 6. The standard InChI is InChI=1S/C38H51ClN2O5S/c1-6-28-22-41-24-38(17-10-11-29-20-31(39)14-15-33(29)38)25-46-36-16-13-30(21-34(36)41)37(43)40-47(44,23-32(42)19-26(2)3)18-9-7-8-12-35(45-5)27(28)4/h8,12-16,20-21,26-28,35H,6-7,9-11,17-19,22-25H2,1-5H3/b12-8+/t27-,28+,35+,38+,47-/m1/s1. The van der Waals surface area contributed by atoms with Gasteiger partial charge in [-0.3, -0.25) is 9.59 Å². The molecule has 1 spiro atoms. The molecule has 2 aliphatic heterocycles. The Morgan fingerprint density at radius 3 is 2.77 bits per heavy atom. The van der Waals surface area contributed by atoms with Crippen molar-refractivity contribution in [3.63, 3.8) is 0 Å². The first kappa shape index (κ1) is 35.6. The minimum absolute atomic E-state index is 0.0864. The van der Waals surface area contributed by atoms with E-state index in [0.29, 0.717) is 37.4 Å². The third-order valence-corrected chi connectivity index (χ3v) is 12.7. The number of methoxy groups -OCH3 is 1. The minimum atomic E-state index is -3.10. The van der Waals surface area contributed by atoms with Crippen LogP contribution in [0.5, 0.6) is 5.75 Å². The quantitative estimate of drug-likeness (QED) is 0.287. The average molecular weight is 683 g/mol. The molecular formula is C38H51ClN2O5S. The molecule has 0 saturated carbocycles. The predicted octanol–water partition coefficient (Wildman–Crippen LogP) is 8.06. The second-order valence-electron chi connectivity index (χ2n) is 14.2. The van der Waals surface area contributed by atoms with Crippen LogP contribution in [0.3, 0.4) is 0 Å². The van der Waals surface area contributed by atoms with E-state index in [0.717, 1.165) is 55.2 Å². The first-order valence-corrected chi connectivity index (χ1v) is 19.5. The molecule has 9 heteroatoms. The summed E-state index contributed by atoms with van der Waals surface area (Å²) >= 11 is 6.45. The van der Waals surface area contributed by atoms with Crippen LogP contribution in [0.15, 0.2) is 52.9 Å². The van der Waals surface area contributed by atoms with Crippen LogP contribution in [0, 0.1) is 17.8 Å². The number of benzene rings is 2. The Hall–Kier alpha value is -2.68. The molecule has 47 heavy (non-hydrogen) atoms. The van der Waals surface area contributed by atoms with Crippen LogP contribution in [0.4, 0.5) is 5.69 Å². The summed E-state index contributed by atoms with van der Waals surface area (Å²) in [5, 5.41) is 0.747. The van der Waals surface area contributed by atoms with E-state index >= 15 is 0 Å². The van der Waals surface area contributed by atoms with Gasteiger partial charge >= 0.3 is 0 Å². The van der Waals surface area contributed by atoms with E-state index in [4.69, 9.17) is 21.1 Å². The molecule has 256 valence electrons. The number of aryl methyl sites for hydroxylation is 1. The van der Waals surface area contributed by atoms with Gasteiger partial charge in [0.15, 0.2) is 0 Å². The Kier molecular flexibility index (Phi) is 11.6. The van der Waals surface area contributed by atoms with Gasteiger partial charge in [-0.25, -0.2) is 4.21 Å². The van der Waals surface area contributed by atoms with E-state index in [1.54, 1.807) is 13.2 Å². The van der Waals surface area contributed by atoms with Crippen LogP contribution in [-0.2, 0) is 31.1 Å². The molecule has 5 atom stereocenters. The summed E-state index contributed by atoms with van der Waals surface area (Å²) in [6.45, 7) is 10.4. The number of fused-ring (bicyclic) bond motifs is 3. The second-order valence-corrected chi connectivity index (χ2v) is 17.1. The van der Waals surface area contributed by atoms with Gasteiger partial charge in [0, 0.05) is 48.4 Å². The molecule has 2 aromatic carbocycles. The number of carbonyl (C=O) groups excluding carboxylic acids is 2. The molecule has 0 N–H and O–H groups in total. The molecule has 0 fully saturated rings. The van der Waals surface area contributed by atoms with Crippen molar-refractivity contribution in [2.24, 2.45) is 22.1 Å². The molecule has 7 nitrogen and oxygen atoms in total. The van der Waals surface area contributed by atoms with Crippen LogP contribution in [0.1, 0.15) is 87.7 Å². The van der Waals surface area contributed by atoms with Crippen LogP contribution >= 0.6 is 11.6 Å². The highest BCUT2D eigenvalue weighted by atomic mass is 35.5. The van der Waals surface area contributed by atoms with Crippen molar-refractivity contribution in [3.8, 4) is 5.75 Å². The monoisotopic (exact) mass is 682 g/mol. The summed E-state index contributed by atoms with van der Waals surface area (Å²) in [6, 6.07) is 11.7. The third-order valence-electron chi connectivity index (χ3n) is 10.2. The Balaban J connectivity index is 1.61. The largest absolute Gasteiger partial charge is 0.490 e. The zero-order valence-corrected chi connectivity index (χ0v) is 30.2. The molecule has 0 unspecified atom stereocenters. The van der Waals surface area contributed by atoms with Crippen molar-refractivity contribution < 1.29 is 23.3 Å². The van der Waals surface area contributed by atoms with Crippen LogP contribution < -0.4 is 9.64 Å². The van der Waals surface area contributed by atoms with Gasteiger partial charge < -0.3 is 14.4 Å². The highest BCUT2D eigenvalue weighted by molar-refractivity contribution is 7.94. The average Bonchev–Trinajstić information content (AvgIpc) is 3.17. The lowest BCUT2D eigenvalue weighted by molar-refractivity contribution is -0.117. The van der Waals surface area contributed by atoms with E-state index in [1.165, 1.54) is 11.1 Å². The number of ether oxygens (including phenoxy) is 2. The molecule has 0 aromatic heterocycles. The number of anilines is 1. The van der Waals surface area contributed by atoms with E-state index < -0.39 is 15.6 Å². The number of carbonyl (C=O) groups is 2. The lowest BCUT2D eigenvalue weighted by Gasteiger charge is -2.42. The number of halogens is 1. The van der Waals surface area contributed by atoms with Crippen molar-refractivity contribution in [2.45, 2.75) is 84.2 Å². The molecule has 2 aromatic rings. The van der Waals surface area contributed by atoms with Gasteiger partial charge in [0.1, 0.15) is 11.5 Å². The smallest absolute Gasteiger partial charge is 0.285 e. The van der Waals surface area contributed by atoms with Crippen molar-refractivity contribution in [1.82, 2.24) is 0 Å². The summed E-state index contributed by atoms with van der Waals surface area (Å²) in [5.74, 6) is 0.685. The van der Waals surface area contributed by atoms with E-state index in [1.807, 2.05) is 32.0 Å². The molecule has 1 amide bonds. The van der Waals surface area contributed by atoms with Crippen molar-refractivity contribution in [2.75, 3.05) is 43.2 Å². The SMILES string of the molecule is CC[C@H]1CN2C[C@@]3(CCCc4cc(Cl)ccc43)COc3ccc(cc32)C(=O)N=[S@](=O)(CC(=O)CC(C)C)CCC/C=C/[C@H](OC)[C@@H]1C. The maximum atomic E-state index is 14.2. The zero-order chi connectivity index (χ0) is 33.8. The number of amides is 1. The van der Waals surface area contributed by atoms with Crippen molar-refractivity contribution in [3.05, 3.63) is 70.3 Å². The van der Waals surface area contributed by atoms with Crippen molar-refractivity contribution >= 4 is 38.7 Å². The van der Waals surface area contributed by atoms with Crippen LogP contribution in [-0.4, -0.2) is 60.3 Å². The highest BCUT2D eigenvalue weighted by Crippen LogP contribution is 2.45. The molecule has 1 aliphatic carbocycles. The molecule has 0 saturated heterocycles. The lowest BCUT2D eigenvalue weighted by atomic mass is 9.70. The van der Waals surface area contributed by atoms with Gasteiger partial charge in [0.25, 0.3) is 5.91 Å². The van der Waals surface area contributed by atoms with Crippen LogP contribution in [0.25, 0.3) is 0 Å². The highest BCUT2D eigenvalue weighted by Gasteiger charge is 2.42. The molecule has 0 radical (unpaired) electrons. The maximum Gasteiger partial charge on any atom is 0.285 e. The predicted molar refractivity (Wildman–Crippen MR) is 191 cm³/mol.